The summed E-state index contributed by atoms with van der Waals surface area (Å²) in [6, 6.07) is 0. The molecule has 1 aliphatic rings. The van der Waals surface area contributed by atoms with Gasteiger partial charge in [-0.2, -0.15) is 0 Å². The van der Waals surface area contributed by atoms with Crippen molar-refractivity contribution in [2.75, 3.05) is 0 Å². The predicted octanol–water partition coefficient (Wildman–Crippen LogP) is 4.00. The van der Waals surface area contributed by atoms with Gasteiger partial charge in [0.25, 0.3) is 0 Å². The molecule has 2 rings (SSSR count). The van der Waals surface area contributed by atoms with E-state index in [0.717, 1.165) is 30.4 Å². The SMILES string of the molecule is Cc1csc(C(=O)C2=CCCC2)c1Cl. The lowest BCUT2D eigenvalue weighted by Gasteiger charge is -1.98. The van der Waals surface area contributed by atoms with E-state index in [4.69, 9.17) is 11.6 Å². The van der Waals surface area contributed by atoms with E-state index in [1.165, 1.54) is 11.3 Å². The van der Waals surface area contributed by atoms with Crippen LogP contribution in [0, 0.1) is 6.92 Å². The molecule has 1 nitrogen and oxygen atoms in total. The van der Waals surface area contributed by atoms with Crippen LogP contribution in [-0.4, -0.2) is 5.78 Å². The fourth-order valence-corrected chi connectivity index (χ4v) is 2.86. The highest BCUT2D eigenvalue weighted by molar-refractivity contribution is 7.13. The molecular formula is C11H11ClOS. The third-order valence-corrected chi connectivity index (χ3v) is 4.13. The molecule has 0 unspecified atom stereocenters. The number of hydrogen-bond donors (Lipinski definition) is 0. The van der Waals surface area contributed by atoms with Gasteiger partial charge in [-0.1, -0.05) is 17.7 Å². The molecule has 0 amide bonds. The first-order valence-corrected chi connectivity index (χ1v) is 5.93. The normalized spacial score (nSPS) is 15.7. The van der Waals surface area contributed by atoms with Crippen LogP contribution in [0.25, 0.3) is 0 Å². The van der Waals surface area contributed by atoms with E-state index in [1.54, 1.807) is 0 Å². The Bertz CT molecular complexity index is 403. The maximum atomic E-state index is 11.9. The van der Waals surface area contributed by atoms with E-state index in [9.17, 15) is 4.79 Å². The third kappa shape index (κ3) is 1.64. The molecule has 14 heavy (non-hydrogen) atoms. The fraction of sp³-hybridized carbons (Fsp3) is 0.364. The van der Waals surface area contributed by atoms with E-state index in [0.29, 0.717) is 9.90 Å². The van der Waals surface area contributed by atoms with Gasteiger partial charge in [-0.05, 0) is 42.7 Å². The second kappa shape index (κ2) is 3.87. The molecule has 3 heteroatoms. The Balaban J connectivity index is 2.31. The van der Waals surface area contributed by atoms with Crippen LogP contribution >= 0.6 is 22.9 Å². The Kier molecular flexibility index (Phi) is 2.75. The monoisotopic (exact) mass is 226 g/mol. The molecule has 1 aliphatic carbocycles. The van der Waals surface area contributed by atoms with Crippen LogP contribution < -0.4 is 0 Å². The highest BCUT2D eigenvalue weighted by Gasteiger charge is 2.20. The van der Waals surface area contributed by atoms with Gasteiger partial charge in [0.1, 0.15) is 0 Å². The molecule has 0 bridgehead atoms. The number of carbonyl (C=O) groups is 1. The minimum Gasteiger partial charge on any atom is -0.288 e. The summed E-state index contributed by atoms with van der Waals surface area (Å²) in [6.45, 7) is 1.93. The lowest BCUT2D eigenvalue weighted by molar-refractivity contribution is 0.103. The van der Waals surface area contributed by atoms with E-state index in [2.05, 4.69) is 0 Å². The van der Waals surface area contributed by atoms with E-state index in [-0.39, 0.29) is 5.78 Å². The predicted molar refractivity (Wildman–Crippen MR) is 60.3 cm³/mol. The molecule has 1 heterocycles. The van der Waals surface area contributed by atoms with Crippen molar-refractivity contribution in [1.82, 2.24) is 0 Å². The molecule has 0 radical (unpaired) electrons. The molecule has 74 valence electrons. The summed E-state index contributed by atoms with van der Waals surface area (Å²) in [5, 5.41) is 2.57. The minimum absolute atomic E-state index is 0.130. The largest absolute Gasteiger partial charge is 0.288 e. The van der Waals surface area contributed by atoms with Crippen LogP contribution in [0.3, 0.4) is 0 Å². The first kappa shape index (κ1) is 9.94. The molecule has 0 N–H and O–H groups in total. The molecule has 0 saturated carbocycles. The van der Waals surface area contributed by atoms with Crippen LogP contribution in [0.5, 0.6) is 0 Å². The van der Waals surface area contributed by atoms with Crippen molar-refractivity contribution in [3.8, 4) is 0 Å². The van der Waals surface area contributed by atoms with Gasteiger partial charge in [-0.15, -0.1) is 11.3 Å². The standard InChI is InChI=1S/C11H11ClOS/c1-7-6-14-11(9(7)12)10(13)8-4-2-3-5-8/h4,6H,2-3,5H2,1H3. The average Bonchev–Trinajstić information content (AvgIpc) is 2.77. The van der Waals surface area contributed by atoms with Gasteiger partial charge in [0.2, 0.25) is 0 Å². The second-order valence-corrected chi connectivity index (χ2v) is 4.77. The number of Topliss-reactive ketones (excluding diaryl/α,β-unsaturated/α-hetero) is 1. The van der Waals surface area contributed by atoms with Gasteiger partial charge in [0.05, 0.1) is 9.90 Å². The Hall–Kier alpha value is -0.600. The van der Waals surface area contributed by atoms with E-state index in [1.807, 2.05) is 18.4 Å². The van der Waals surface area contributed by atoms with Crippen molar-refractivity contribution in [2.24, 2.45) is 0 Å². The molecular weight excluding hydrogens is 216 g/mol. The van der Waals surface area contributed by atoms with Crippen LogP contribution in [-0.2, 0) is 0 Å². The average molecular weight is 227 g/mol. The molecule has 0 aliphatic heterocycles. The summed E-state index contributed by atoms with van der Waals surface area (Å²) in [5.74, 6) is 0.130. The van der Waals surface area contributed by atoms with Gasteiger partial charge >= 0.3 is 0 Å². The van der Waals surface area contributed by atoms with Gasteiger partial charge < -0.3 is 0 Å². The molecule has 0 spiro atoms. The summed E-state index contributed by atoms with van der Waals surface area (Å²) in [4.78, 5) is 12.6. The minimum atomic E-state index is 0.130. The lowest BCUT2D eigenvalue weighted by atomic mass is 10.1. The van der Waals surface area contributed by atoms with Crippen molar-refractivity contribution < 1.29 is 4.79 Å². The number of ketones is 1. The summed E-state index contributed by atoms with van der Waals surface area (Å²) in [6.07, 6.45) is 5.08. The molecule has 0 atom stereocenters. The van der Waals surface area contributed by atoms with Crippen molar-refractivity contribution in [3.05, 3.63) is 32.5 Å². The molecule has 0 aromatic carbocycles. The summed E-state index contributed by atoms with van der Waals surface area (Å²) in [5.41, 5.74) is 1.94. The van der Waals surface area contributed by atoms with E-state index < -0.39 is 0 Å². The maximum Gasteiger partial charge on any atom is 0.200 e. The Labute approximate surface area is 92.4 Å². The number of rotatable bonds is 2. The van der Waals surface area contributed by atoms with Crippen molar-refractivity contribution in [1.29, 1.82) is 0 Å². The van der Waals surface area contributed by atoms with Crippen LogP contribution in [0.1, 0.15) is 34.5 Å². The van der Waals surface area contributed by atoms with Crippen LogP contribution in [0.2, 0.25) is 5.02 Å². The van der Waals surface area contributed by atoms with Gasteiger partial charge in [-0.3, -0.25) is 4.79 Å². The van der Waals surface area contributed by atoms with Gasteiger partial charge in [0, 0.05) is 0 Å². The Morgan fingerprint density at radius 2 is 2.36 bits per heavy atom. The molecule has 1 aromatic heterocycles. The maximum absolute atomic E-state index is 11.9. The smallest absolute Gasteiger partial charge is 0.200 e. The van der Waals surface area contributed by atoms with E-state index >= 15 is 0 Å². The topological polar surface area (TPSA) is 17.1 Å². The first-order valence-electron chi connectivity index (χ1n) is 4.67. The number of halogens is 1. The Morgan fingerprint density at radius 3 is 2.86 bits per heavy atom. The zero-order chi connectivity index (χ0) is 10.1. The second-order valence-electron chi connectivity index (χ2n) is 3.51. The first-order chi connectivity index (χ1) is 6.70. The third-order valence-electron chi connectivity index (χ3n) is 2.44. The molecule has 0 saturated heterocycles. The van der Waals surface area contributed by atoms with Gasteiger partial charge in [-0.25, -0.2) is 0 Å². The van der Waals surface area contributed by atoms with Crippen LogP contribution in [0.15, 0.2) is 17.0 Å². The fourth-order valence-electron chi connectivity index (χ4n) is 1.61. The number of aryl methyl sites for hydroxylation is 1. The van der Waals surface area contributed by atoms with Crippen LogP contribution in [0.4, 0.5) is 0 Å². The number of hydrogen-bond acceptors (Lipinski definition) is 2. The number of carbonyl (C=O) groups excluding carboxylic acids is 1. The summed E-state index contributed by atoms with van der Waals surface area (Å²) in [7, 11) is 0. The van der Waals surface area contributed by atoms with Gasteiger partial charge in [0.15, 0.2) is 5.78 Å². The zero-order valence-electron chi connectivity index (χ0n) is 7.97. The highest BCUT2D eigenvalue weighted by Crippen LogP contribution is 2.31. The molecule has 1 aromatic rings. The van der Waals surface area contributed by atoms with Crippen molar-refractivity contribution in [2.45, 2.75) is 26.2 Å². The number of allylic oxidation sites excluding steroid dienone is 2. The van der Waals surface area contributed by atoms with Crippen molar-refractivity contribution in [3.63, 3.8) is 0 Å². The lowest BCUT2D eigenvalue weighted by Crippen LogP contribution is -1.99. The van der Waals surface area contributed by atoms with Crippen molar-refractivity contribution >= 4 is 28.7 Å². The highest BCUT2D eigenvalue weighted by atomic mass is 35.5. The molecule has 0 fully saturated rings. The number of thiophene rings is 1. The summed E-state index contributed by atoms with van der Waals surface area (Å²) >= 11 is 7.49. The zero-order valence-corrected chi connectivity index (χ0v) is 9.54. The Morgan fingerprint density at radius 1 is 1.57 bits per heavy atom. The summed E-state index contributed by atoms with van der Waals surface area (Å²) < 4.78 is 0. The quantitative estimate of drug-likeness (QED) is 0.697.